The molecule has 0 saturated carbocycles. The Kier molecular flexibility index (Phi) is 5.27. The molecule has 0 unspecified atom stereocenters. The monoisotopic (exact) mass is 329 g/mol. The summed E-state index contributed by atoms with van der Waals surface area (Å²) in [6.07, 6.45) is 3.15. The molecule has 0 aromatic heterocycles. The summed E-state index contributed by atoms with van der Waals surface area (Å²) < 4.78 is 5.26. The molecule has 25 heavy (non-hydrogen) atoms. The van der Waals surface area contributed by atoms with Crippen LogP contribution in [0.25, 0.3) is 11.1 Å². The summed E-state index contributed by atoms with van der Waals surface area (Å²) in [6.45, 7) is 0. The molecule has 3 rings (SSSR count). The Morgan fingerprint density at radius 2 is 1.48 bits per heavy atom. The third-order valence-corrected chi connectivity index (χ3v) is 3.86. The van der Waals surface area contributed by atoms with Crippen molar-refractivity contribution in [3.05, 3.63) is 96.7 Å². The third kappa shape index (κ3) is 4.15. The third-order valence-electron chi connectivity index (χ3n) is 3.86. The van der Waals surface area contributed by atoms with Gasteiger partial charge in [0.1, 0.15) is 5.75 Å². The molecule has 0 spiro atoms. The first-order valence-electron chi connectivity index (χ1n) is 8.04. The van der Waals surface area contributed by atoms with Gasteiger partial charge in [-0.3, -0.25) is 4.79 Å². The zero-order chi connectivity index (χ0) is 17.5. The summed E-state index contributed by atoms with van der Waals surface area (Å²) in [5.74, 6) is 0.675. The molecule has 0 amide bonds. The van der Waals surface area contributed by atoms with E-state index in [0.29, 0.717) is 5.56 Å². The standard InChI is InChI=1S/C22H19NO2/c1-25-22-10-6-5-9-20(22)23-16-15-21(24)19-13-11-18(12-14-19)17-7-3-2-4-8-17/h2-16,23H,1H3. The fourth-order valence-corrected chi connectivity index (χ4v) is 2.52. The maximum Gasteiger partial charge on any atom is 0.187 e. The summed E-state index contributed by atoms with van der Waals surface area (Å²) in [5.41, 5.74) is 3.69. The van der Waals surface area contributed by atoms with Crippen LogP contribution in [0.5, 0.6) is 5.75 Å². The molecule has 0 aliphatic carbocycles. The van der Waals surface area contributed by atoms with E-state index >= 15 is 0 Å². The van der Waals surface area contributed by atoms with E-state index in [0.717, 1.165) is 22.6 Å². The van der Waals surface area contributed by atoms with Crippen LogP contribution < -0.4 is 10.1 Å². The minimum Gasteiger partial charge on any atom is -0.495 e. The Labute approximate surface area is 147 Å². The number of anilines is 1. The maximum atomic E-state index is 12.3. The molecule has 1 N–H and O–H groups in total. The van der Waals surface area contributed by atoms with Gasteiger partial charge in [-0.25, -0.2) is 0 Å². The van der Waals surface area contributed by atoms with Gasteiger partial charge in [0.2, 0.25) is 0 Å². The van der Waals surface area contributed by atoms with Crippen LogP contribution in [0.15, 0.2) is 91.1 Å². The normalized spacial score (nSPS) is 10.6. The minimum atomic E-state index is -0.0537. The van der Waals surface area contributed by atoms with E-state index in [-0.39, 0.29) is 5.78 Å². The first kappa shape index (κ1) is 16.5. The van der Waals surface area contributed by atoms with E-state index < -0.39 is 0 Å². The summed E-state index contributed by atoms with van der Waals surface area (Å²) >= 11 is 0. The molecule has 3 aromatic carbocycles. The van der Waals surface area contributed by atoms with Gasteiger partial charge < -0.3 is 10.1 Å². The molecule has 0 saturated heterocycles. The van der Waals surface area contributed by atoms with Crippen molar-refractivity contribution < 1.29 is 9.53 Å². The van der Waals surface area contributed by atoms with E-state index in [1.165, 1.54) is 6.08 Å². The van der Waals surface area contributed by atoms with Gasteiger partial charge in [0.15, 0.2) is 5.78 Å². The maximum absolute atomic E-state index is 12.3. The first-order chi connectivity index (χ1) is 12.3. The number of ether oxygens (including phenoxy) is 1. The van der Waals surface area contributed by atoms with E-state index in [2.05, 4.69) is 5.32 Å². The number of nitrogens with one attached hydrogen (secondary N) is 1. The average Bonchev–Trinajstić information content (AvgIpc) is 2.69. The predicted molar refractivity (Wildman–Crippen MR) is 102 cm³/mol. The Morgan fingerprint density at radius 1 is 0.840 bits per heavy atom. The number of hydrogen-bond acceptors (Lipinski definition) is 3. The molecular weight excluding hydrogens is 310 g/mol. The second-order valence-corrected chi connectivity index (χ2v) is 5.49. The fraction of sp³-hybridized carbons (Fsp3) is 0.0455. The number of carbonyl (C=O) groups is 1. The predicted octanol–water partition coefficient (Wildman–Crippen LogP) is 5.17. The zero-order valence-corrected chi connectivity index (χ0v) is 14.0. The lowest BCUT2D eigenvalue weighted by atomic mass is 10.0. The SMILES string of the molecule is COc1ccccc1NC=CC(=O)c1ccc(-c2ccccc2)cc1. The van der Waals surface area contributed by atoms with E-state index in [4.69, 9.17) is 4.74 Å². The van der Waals surface area contributed by atoms with Gasteiger partial charge in [-0.15, -0.1) is 0 Å². The minimum absolute atomic E-state index is 0.0537. The lowest BCUT2D eigenvalue weighted by Gasteiger charge is -2.07. The first-order valence-corrected chi connectivity index (χ1v) is 8.04. The van der Waals surface area contributed by atoms with Gasteiger partial charge >= 0.3 is 0 Å². The smallest absolute Gasteiger partial charge is 0.187 e. The number of ketones is 1. The Morgan fingerprint density at radius 3 is 2.20 bits per heavy atom. The number of methoxy groups -OCH3 is 1. The fourth-order valence-electron chi connectivity index (χ4n) is 2.52. The van der Waals surface area contributed by atoms with Crippen LogP contribution in [0.1, 0.15) is 10.4 Å². The molecule has 0 radical (unpaired) electrons. The van der Waals surface area contributed by atoms with Crippen LogP contribution in [0, 0.1) is 0 Å². The van der Waals surface area contributed by atoms with Crippen LogP contribution in [0.3, 0.4) is 0 Å². The summed E-state index contributed by atoms with van der Waals surface area (Å²) in [5, 5.41) is 3.08. The van der Waals surface area contributed by atoms with Crippen LogP contribution >= 0.6 is 0 Å². The Bertz CT molecular complexity index is 868. The van der Waals surface area contributed by atoms with Gasteiger partial charge in [-0.2, -0.15) is 0 Å². The molecular formula is C22H19NO2. The molecule has 3 aromatic rings. The molecule has 3 nitrogen and oxygen atoms in total. The van der Waals surface area contributed by atoms with Crippen LogP contribution in [0.2, 0.25) is 0 Å². The van der Waals surface area contributed by atoms with E-state index in [9.17, 15) is 4.79 Å². The van der Waals surface area contributed by atoms with Gasteiger partial charge in [-0.05, 0) is 23.3 Å². The Hall–Kier alpha value is -3.33. The van der Waals surface area contributed by atoms with Crippen molar-refractivity contribution in [1.82, 2.24) is 0 Å². The van der Waals surface area contributed by atoms with Crippen LogP contribution in [-0.4, -0.2) is 12.9 Å². The lowest BCUT2D eigenvalue weighted by molar-refractivity contribution is 0.104. The van der Waals surface area contributed by atoms with Crippen LogP contribution in [0.4, 0.5) is 5.69 Å². The highest BCUT2D eigenvalue weighted by Gasteiger charge is 2.03. The van der Waals surface area contributed by atoms with E-state index in [1.807, 2.05) is 78.9 Å². The van der Waals surface area contributed by atoms with Gasteiger partial charge in [-0.1, -0.05) is 66.7 Å². The van der Waals surface area contributed by atoms with Crippen molar-refractivity contribution in [2.75, 3.05) is 12.4 Å². The molecule has 0 aliphatic heterocycles. The summed E-state index contributed by atoms with van der Waals surface area (Å²) in [4.78, 5) is 12.3. The molecule has 3 heteroatoms. The van der Waals surface area contributed by atoms with Gasteiger partial charge in [0, 0.05) is 17.8 Å². The van der Waals surface area contributed by atoms with E-state index in [1.54, 1.807) is 13.3 Å². The number of benzene rings is 3. The van der Waals surface area contributed by atoms with Crippen molar-refractivity contribution in [2.45, 2.75) is 0 Å². The lowest BCUT2D eigenvalue weighted by Crippen LogP contribution is -1.97. The van der Waals surface area contributed by atoms with Crippen molar-refractivity contribution in [3.8, 4) is 16.9 Å². The van der Waals surface area contributed by atoms with Crippen molar-refractivity contribution in [3.63, 3.8) is 0 Å². The second-order valence-electron chi connectivity index (χ2n) is 5.49. The summed E-state index contributed by atoms with van der Waals surface area (Å²) in [6, 6.07) is 25.3. The highest BCUT2D eigenvalue weighted by atomic mass is 16.5. The number of allylic oxidation sites excluding steroid dienone is 1. The summed E-state index contributed by atoms with van der Waals surface area (Å²) in [7, 11) is 1.61. The topological polar surface area (TPSA) is 38.3 Å². The number of carbonyl (C=O) groups excluding carboxylic acids is 1. The largest absolute Gasteiger partial charge is 0.495 e. The highest BCUT2D eigenvalue weighted by molar-refractivity contribution is 6.04. The van der Waals surface area contributed by atoms with Crippen molar-refractivity contribution in [1.29, 1.82) is 0 Å². The number of rotatable bonds is 6. The Balaban J connectivity index is 1.67. The molecule has 0 bridgehead atoms. The second kappa shape index (κ2) is 7.97. The number of para-hydroxylation sites is 2. The molecule has 0 atom stereocenters. The quantitative estimate of drug-likeness (QED) is 0.501. The zero-order valence-electron chi connectivity index (χ0n) is 14.0. The van der Waals surface area contributed by atoms with Crippen LogP contribution in [-0.2, 0) is 0 Å². The average molecular weight is 329 g/mol. The van der Waals surface area contributed by atoms with Gasteiger partial charge in [0.25, 0.3) is 0 Å². The van der Waals surface area contributed by atoms with Crippen molar-refractivity contribution >= 4 is 11.5 Å². The van der Waals surface area contributed by atoms with Gasteiger partial charge in [0.05, 0.1) is 12.8 Å². The molecule has 0 heterocycles. The molecule has 0 fully saturated rings. The molecule has 0 aliphatic rings. The van der Waals surface area contributed by atoms with Crippen molar-refractivity contribution in [2.24, 2.45) is 0 Å². The number of hydrogen-bond donors (Lipinski definition) is 1. The highest BCUT2D eigenvalue weighted by Crippen LogP contribution is 2.23. The molecule has 124 valence electrons.